The Morgan fingerprint density at radius 1 is 1.54 bits per heavy atom. The molecule has 0 aromatic heterocycles. The monoisotopic (exact) mass is 240 g/mol. The van der Waals surface area contributed by atoms with Gasteiger partial charge in [0.15, 0.2) is 6.29 Å². The van der Waals surface area contributed by atoms with Crippen molar-refractivity contribution in [1.29, 1.82) is 0 Å². The number of aldehydes is 1. The number of hydrogen-bond acceptors (Lipinski definition) is 2. The Balaban J connectivity index is 2.58. The molecule has 0 fully saturated rings. The summed E-state index contributed by atoms with van der Waals surface area (Å²) in [6.07, 6.45) is 1.91. The maximum absolute atomic E-state index is 10.7. The second kappa shape index (κ2) is 2.93. The van der Waals surface area contributed by atoms with Crippen LogP contribution in [0, 0.1) is 0 Å². The summed E-state index contributed by atoms with van der Waals surface area (Å²) in [4.78, 5) is 10.7. The molecule has 0 saturated carbocycles. The van der Waals surface area contributed by atoms with E-state index in [1.165, 1.54) is 0 Å². The number of halogens is 1. The molecule has 13 heavy (non-hydrogen) atoms. The van der Waals surface area contributed by atoms with Crippen molar-refractivity contribution in [2.75, 3.05) is 0 Å². The summed E-state index contributed by atoms with van der Waals surface area (Å²) in [5.74, 6) is 0. The van der Waals surface area contributed by atoms with Crippen LogP contribution in [0.15, 0.2) is 22.7 Å². The lowest BCUT2D eigenvalue weighted by Crippen LogP contribution is -2.23. The number of fused-ring (bicyclic) bond motifs is 1. The average Bonchev–Trinajstić information content (AvgIpc) is 2.45. The molecular weight excluding hydrogens is 232 g/mol. The van der Waals surface area contributed by atoms with E-state index in [0.29, 0.717) is 12.7 Å². The molecule has 1 unspecified atom stereocenters. The topological polar surface area (TPSA) is 37.3 Å². The Kier molecular flexibility index (Phi) is 2.00. The predicted molar refractivity (Wildman–Crippen MR) is 52.4 cm³/mol. The normalized spacial score (nSPS) is 25.7. The van der Waals surface area contributed by atoms with Crippen LogP contribution in [0.25, 0.3) is 0 Å². The fraction of sp³-hybridized carbons (Fsp3) is 0.300. The molecule has 1 aromatic rings. The third-order valence-corrected chi connectivity index (χ3v) is 3.00. The highest BCUT2D eigenvalue weighted by Crippen LogP contribution is 2.36. The van der Waals surface area contributed by atoms with Crippen LogP contribution in [0.2, 0.25) is 0 Å². The molecule has 2 nitrogen and oxygen atoms in total. The summed E-state index contributed by atoms with van der Waals surface area (Å²) >= 11 is 3.32. The van der Waals surface area contributed by atoms with E-state index in [0.717, 1.165) is 22.0 Å². The minimum atomic E-state index is -1.25. The number of hydrogen-bond donors (Lipinski definition) is 1. The van der Waals surface area contributed by atoms with Crippen molar-refractivity contribution in [3.63, 3.8) is 0 Å². The molecule has 0 amide bonds. The van der Waals surface area contributed by atoms with Crippen molar-refractivity contribution in [3.8, 4) is 0 Å². The van der Waals surface area contributed by atoms with E-state index in [9.17, 15) is 9.90 Å². The molecule has 0 radical (unpaired) electrons. The van der Waals surface area contributed by atoms with Gasteiger partial charge in [0, 0.05) is 4.47 Å². The summed E-state index contributed by atoms with van der Waals surface area (Å²) in [5, 5.41) is 9.89. The van der Waals surface area contributed by atoms with E-state index in [1.807, 2.05) is 18.2 Å². The van der Waals surface area contributed by atoms with Gasteiger partial charge in [-0.3, -0.25) is 4.79 Å². The van der Waals surface area contributed by atoms with E-state index < -0.39 is 5.60 Å². The van der Waals surface area contributed by atoms with Gasteiger partial charge in [0.25, 0.3) is 0 Å². The van der Waals surface area contributed by atoms with Crippen LogP contribution in [0.1, 0.15) is 17.5 Å². The van der Waals surface area contributed by atoms with Crippen LogP contribution in [0.5, 0.6) is 0 Å². The maximum atomic E-state index is 10.7. The Morgan fingerprint density at radius 2 is 2.31 bits per heavy atom. The summed E-state index contributed by atoms with van der Waals surface area (Å²) in [6.45, 7) is 0. The summed E-state index contributed by atoms with van der Waals surface area (Å²) in [6, 6.07) is 5.69. The van der Waals surface area contributed by atoms with Crippen LogP contribution in [0.3, 0.4) is 0 Å². The van der Waals surface area contributed by atoms with Crippen molar-refractivity contribution in [2.45, 2.75) is 18.4 Å². The standard InChI is InChI=1S/C10H9BrO2/c11-8-2-1-7-3-4-10(13,6-12)9(7)5-8/h1-2,5-6,13H,3-4H2. The number of carbonyl (C=O) groups excluding carboxylic acids is 1. The molecule has 1 aliphatic rings. The zero-order valence-electron chi connectivity index (χ0n) is 6.96. The lowest BCUT2D eigenvalue weighted by atomic mass is 9.98. The number of aryl methyl sites for hydroxylation is 1. The van der Waals surface area contributed by atoms with Crippen molar-refractivity contribution in [3.05, 3.63) is 33.8 Å². The molecule has 0 spiro atoms. The lowest BCUT2D eigenvalue weighted by Gasteiger charge is -2.15. The molecule has 0 bridgehead atoms. The van der Waals surface area contributed by atoms with Crippen molar-refractivity contribution >= 4 is 22.2 Å². The highest BCUT2D eigenvalue weighted by molar-refractivity contribution is 9.10. The van der Waals surface area contributed by atoms with Gasteiger partial charge in [0.2, 0.25) is 0 Å². The molecule has 0 heterocycles. The van der Waals surface area contributed by atoms with Gasteiger partial charge in [-0.1, -0.05) is 22.0 Å². The Morgan fingerprint density at radius 3 is 3.00 bits per heavy atom. The largest absolute Gasteiger partial charge is 0.378 e. The van der Waals surface area contributed by atoms with E-state index in [4.69, 9.17) is 0 Å². The van der Waals surface area contributed by atoms with Gasteiger partial charge in [0.1, 0.15) is 5.60 Å². The van der Waals surface area contributed by atoms with Crippen molar-refractivity contribution < 1.29 is 9.90 Å². The molecular formula is C10H9BrO2. The molecule has 1 atom stereocenters. The van der Waals surface area contributed by atoms with Crippen molar-refractivity contribution in [1.82, 2.24) is 0 Å². The molecule has 1 aliphatic carbocycles. The van der Waals surface area contributed by atoms with E-state index in [-0.39, 0.29) is 0 Å². The molecule has 0 saturated heterocycles. The predicted octanol–water partition coefficient (Wildman–Crippen LogP) is 1.78. The molecule has 0 aliphatic heterocycles. The Bertz CT molecular complexity index is 362. The number of rotatable bonds is 1. The highest BCUT2D eigenvalue weighted by atomic mass is 79.9. The van der Waals surface area contributed by atoms with Crippen LogP contribution in [-0.2, 0) is 16.8 Å². The average molecular weight is 241 g/mol. The fourth-order valence-electron chi connectivity index (χ4n) is 1.75. The van der Waals surface area contributed by atoms with Gasteiger partial charge in [-0.15, -0.1) is 0 Å². The molecule has 1 aromatic carbocycles. The van der Waals surface area contributed by atoms with Crippen LogP contribution < -0.4 is 0 Å². The van der Waals surface area contributed by atoms with Gasteiger partial charge in [-0.25, -0.2) is 0 Å². The van der Waals surface area contributed by atoms with Gasteiger partial charge >= 0.3 is 0 Å². The first kappa shape index (κ1) is 8.91. The zero-order valence-corrected chi connectivity index (χ0v) is 8.54. The van der Waals surface area contributed by atoms with Gasteiger partial charge in [-0.2, -0.15) is 0 Å². The summed E-state index contributed by atoms with van der Waals surface area (Å²) in [5.41, 5.74) is 0.564. The lowest BCUT2D eigenvalue weighted by molar-refractivity contribution is -0.124. The second-order valence-electron chi connectivity index (χ2n) is 3.34. The first-order valence-corrected chi connectivity index (χ1v) is 4.93. The van der Waals surface area contributed by atoms with Crippen LogP contribution in [0.4, 0.5) is 0 Å². The molecule has 68 valence electrons. The minimum Gasteiger partial charge on any atom is -0.378 e. The fourth-order valence-corrected chi connectivity index (χ4v) is 2.11. The number of carbonyl (C=O) groups is 1. The van der Waals surface area contributed by atoms with Gasteiger partial charge < -0.3 is 5.11 Å². The quantitative estimate of drug-likeness (QED) is 0.761. The minimum absolute atomic E-state index is 0.502. The molecule has 1 N–H and O–H groups in total. The maximum Gasteiger partial charge on any atom is 0.156 e. The number of benzene rings is 1. The Hall–Kier alpha value is -0.670. The van der Waals surface area contributed by atoms with E-state index in [1.54, 1.807) is 0 Å². The summed E-state index contributed by atoms with van der Waals surface area (Å²) < 4.78 is 0.897. The summed E-state index contributed by atoms with van der Waals surface area (Å²) in [7, 11) is 0. The SMILES string of the molecule is O=CC1(O)CCc2ccc(Br)cc21. The van der Waals surface area contributed by atoms with E-state index >= 15 is 0 Å². The van der Waals surface area contributed by atoms with E-state index in [2.05, 4.69) is 15.9 Å². The van der Waals surface area contributed by atoms with Crippen LogP contribution in [-0.4, -0.2) is 11.4 Å². The zero-order chi connectivity index (χ0) is 9.47. The highest BCUT2D eigenvalue weighted by Gasteiger charge is 2.36. The van der Waals surface area contributed by atoms with Gasteiger partial charge in [-0.05, 0) is 36.1 Å². The smallest absolute Gasteiger partial charge is 0.156 e. The third kappa shape index (κ3) is 1.32. The van der Waals surface area contributed by atoms with Crippen LogP contribution >= 0.6 is 15.9 Å². The second-order valence-corrected chi connectivity index (χ2v) is 4.26. The third-order valence-electron chi connectivity index (χ3n) is 2.51. The number of aliphatic hydroxyl groups is 1. The first-order chi connectivity index (χ1) is 6.15. The first-order valence-electron chi connectivity index (χ1n) is 4.13. The van der Waals surface area contributed by atoms with Gasteiger partial charge in [0.05, 0.1) is 0 Å². The Labute approximate surface area is 84.7 Å². The molecule has 3 heteroatoms. The molecule has 2 rings (SSSR count). The van der Waals surface area contributed by atoms with Crippen molar-refractivity contribution in [2.24, 2.45) is 0 Å².